The van der Waals surface area contributed by atoms with E-state index in [1.54, 1.807) is 0 Å². The van der Waals surface area contributed by atoms with E-state index in [1.165, 1.54) is 0 Å². The van der Waals surface area contributed by atoms with Crippen molar-refractivity contribution in [2.45, 2.75) is 32.4 Å². The van der Waals surface area contributed by atoms with Gasteiger partial charge in [-0.15, -0.1) is 0 Å². The molecule has 1 aliphatic heterocycles. The van der Waals surface area contributed by atoms with E-state index >= 15 is 0 Å². The fraction of sp³-hybridized carbons (Fsp3) is 0.529. The SMILES string of the molecule is Cc1nc2ccccc2n1CCNC(=O)NC1CCN(C)CC1. The molecule has 124 valence electrons. The van der Waals surface area contributed by atoms with Crippen LogP contribution >= 0.6 is 0 Å². The third kappa shape index (κ3) is 3.82. The highest BCUT2D eigenvalue weighted by molar-refractivity contribution is 5.76. The van der Waals surface area contributed by atoms with Gasteiger partial charge in [-0.25, -0.2) is 9.78 Å². The van der Waals surface area contributed by atoms with E-state index in [0.29, 0.717) is 12.6 Å². The molecule has 2 amide bonds. The van der Waals surface area contributed by atoms with Gasteiger partial charge in [0, 0.05) is 19.1 Å². The number of urea groups is 1. The Hall–Kier alpha value is -2.08. The smallest absolute Gasteiger partial charge is 0.315 e. The number of nitrogens with zero attached hydrogens (tertiary/aromatic N) is 3. The van der Waals surface area contributed by atoms with Gasteiger partial charge in [0.2, 0.25) is 0 Å². The maximum atomic E-state index is 12.0. The number of likely N-dealkylation sites (tertiary alicyclic amines) is 1. The molecular weight excluding hydrogens is 290 g/mol. The highest BCUT2D eigenvalue weighted by Crippen LogP contribution is 2.14. The lowest BCUT2D eigenvalue weighted by Crippen LogP contribution is -2.47. The average molecular weight is 315 g/mol. The van der Waals surface area contributed by atoms with E-state index in [2.05, 4.69) is 38.2 Å². The van der Waals surface area contributed by atoms with E-state index < -0.39 is 0 Å². The van der Waals surface area contributed by atoms with Crippen molar-refractivity contribution in [3.05, 3.63) is 30.1 Å². The molecule has 0 saturated carbocycles. The molecule has 1 fully saturated rings. The molecule has 0 unspecified atom stereocenters. The second-order valence-corrected chi connectivity index (χ2v) is 6.28. The van der Waals surface area contributed by atoms with Gasteiger partial charge in [0.05, 0.1) is 11.0 Å². The molecule has 23 heavy (non-hydrogen) atoms. The third-order valence-electron chi connectivity index (χ3n) is 4.52. The first-order chi connectivity index (χ1) is 11.1. The van der Waals surface area contributed by atoms with Gasteiger partial charge < -0.3 is 20.1 Å². The van der Waals surface area contributed by atoms with Crippen LogP contribution < -0.4 is 10.6 Å². The van der Waals surface area contributed by atoms with Crippen molar-refractivity contribution in [1.82, 2.24) is 25.1 Å². The summed E-state index contributed by atoms with van der Waals surface area (Å²) in [6.45, 7) is 5.42. The molecule has 6 heteroatoms. The number of nitrogens with one attached hydrogen (secondary N) is 2. The summed E-state index contributed by atoms with van der Waals surface area (Å²) in [7, 11) is 2.12. The van der Waals surface area contributed by atoms with E-state index in [-0.39, 0.29) is 6.03 Å². The number of imidazole rings is 1. The number of benzene rings is 1. The second kappa shape index (κ2) is 7.00. The minimum absolute atomic E-state index is 0.0679. The van der Waals surface area contributed by atoms with Crippen LogP contribution in [0.2, 0.25) is 0 Å². The zero-order valence-electron chi connectivity index (χ0n) is 13.9. The van der Waals surface area contributed by atoms with Crippen LogP contribution in [0.3, 0.4) is 0 Å². The highest BCUT2D eigenvalue weighted by Gasteiger charge is 2.18. The number of hydrogen-bond acceptors (Lipinski definition) is 3. The van der Waals surface area contributed by atoms with Crippen molar-refractivity contribution in [2.75, 3.05) is 26.7 Å². The number of para-hydroxylation sites is 2. The molecule has 6 nitrogen and oxygen atoms in total. The van der Waals surface area contributed by atoms with Crippen LogP contribution in [0.5, 0.6) is 0 Å². The molecule has 0 bridgehead atoms. The Labute approximate surface area is 136 Å². The Morgan fingerprint density at radius 1 is 1.30 bits per heavy atom. The maximum Gasteiger partial charge on any atom is 0.315 e. The molecular formula is C17H25N5O. The van der Waals surface area contributed by atoms with E-state index in [0.717, 1.165) is 49.3 Å². The van der Waals surface area contributed by atoms with Gasteiger partial charge in [0.25, 0.3) is 0 Å². The molecule has 2 N–H and O–H groups in total. The lowest BCUT2D eigenvalue weighted by molar-refractivity contribution is 0.213. The molecule has 3 rings (SSSR count). The second-order valence-electron chi connectivity index (χ2n) is 6.28. The summed E-state index contributed by atoms with van der Waals surface area (Å²) in [5.74, 6) is 0.976. The summed E-state index contributed by atoms with van der Waals surface area (Å²) >= 11 is 0. The Morgan fingerprint density at radius 2 is 2.04 bits per heavy atom. The van der Waals surface area contributed by atoms with Gasteiger partial charge in [-0.1, -0.05) is 12.1 Å². The van der Waals surface area contributed by atoms with Gasteiger partial charge in [-0.05, 0) is 52.0 Å². The van der Waals surface area contributed by atoms with Crippen LogP contribution in [0, 0.1) is 6.92 Å². The van der Waals surface area contributed by atoms with Crippen LogP contribution in [-0.4, -0.2) is 53.2 Å². The lowest BCUT2D eigenvalue weighted by Gasteiger charge is -2.29. The van der Waals surface area contributed by atoms with Crippen LogP contribution in [0.15, 0.2) is 24.3 Å². The number of piperidine rings is 1. The number of hydrogen-bond donors (Lipinski definition) is 2. The fourth-order valence-corrected chi connectivity index (χ4v) is 3.15. The minimum atomic E-state index is -0.0679. The monoisotopic (exact) mass is 315 g/mol. The number of fused-ring (bicyclic) bond motifs is 1. The topological polar surface area (TPSA) is 62.2 Å². The molecule has 1 saturated heterocycles. The molecule has 0 spiro atoms. The summed E-state index contributed by atoms with van der Waals surface area (Å²) in [5.41, 5.74) is 2.11. The minimum Gasteiger partial charge on any atom is -0.336 e. The summed E-state index contributed by atoms with van der Waals surface area (Å²) in [5, 5.41) is 6.03. The standard InChI is InChI=1S/C17H25N5O/c1-13-19-15-5-3-4-6-16(15)22(13)12-9-18-17(23)20-14-7-10-21(2)11-8-14/h3-6,14H,7-12H2,1-2H3,(H2,18,20,23). The van der Waals surface area contributed by atoms with E-state index in [1.807, 2.05) is 25.1 Å². The Morgan fingerprint density at radius 3 is 2.83 bits per heavy atom. The van der Waals surface area contributed by atoms with Crippen LogP contribution in [0.4, 0.5) is 4.79 Å². The predicted octanol–water partition coefficient (Wildman–Crippen LogP) is 1.74. The lowest BCUT2D eigenvalue weighted by atomic mass is 10.1. The van der Waals surface area contributed by atoms with Crippen LogP contribution in [0.25, 0.3) is 11.0 Å². The largest absolute Gasteiger partial charge is 0.336 e. The number of carbonyl (C=O) groups is 1. The van der Waals surface area contributed by atoms with Crippen LogP contribution in [-0.2, 0) is 6.54 Å². The Bertz CT molecular complexity index is 673. The Balaban J connectivity index is 1.49. The molecule has 0 aliphatic carbocycles. The van der Waals surface area contributed by atoms with Gasteiger partial charge in [-0.3, -0.25) is 0 Å². The number of amides is 2. The van der Waals surface area contributed by atoms with Crippen molar-refractivity contribution in [1.29, 1.82) is 0 Å². The van der Waals surface area contributed by atoms with Crippen molar-refractivity contribution >= 4 is 17.1 Å². The van der Waals surface area contributed by atoms with Gasteiger partial charge in [0.1, 0.15) is 5.82 Å². The summed E-state index contributed by atoms with van der Waals surface area (Å²) in [6.07, 6.45) is 2.05. The number of rotatable bonds is 4. The Kier molecular flexibility index (Phi) is 4.81. The fourth-order valence-electron chi connectivity index (χ4n) is 3.15. The predicted molar refractivity (Wildman–Crippen MR) is 91.5 cm³/mol. The first kappa shape index (κ1) is 15.8. The zero-order valence-corrected chi connectivity index (χ0v) is 13.9. The van der Waals surface area contributed by atoms with Crippen molar-refractivity contribution < 1.29 is 4.79 Å². The van der Waals surface area contributed by atoms with Crippen molar-refractivity contribution in [3.63, 3.8) is 0 Å². The summed E-state index contributed by atoms with van der Waals surface area (Å²) < 4.78 is 2.14. The zero-order chi connectivity index (χ0) is 16.2. The summed E-state index contributed by atoms with van der Waals surface area (Å²) in [6, 6.07) is 8.31. The van der Waals surface area contributed by atoms with Gasteiger partial charge in [0.15, 0.2) is 0 Å². The number of aromatic nitrogens is 2. The van der Waals surface area contributed by atoms with E-state index in [4.69, 9.17) is 0 Å². The molecule has 0 radical (unpaired) electrons. The third-order valence-corrected chi connectivity index (χ3v) is 4.52. The molecule has 1 aromatic carbocycles. The first-order valence-corrected chi connectivity index (χ1v) is 8.28. The molecule has 1 aromatic heterocycles. The molecule has 1 aliphatic rings. The number of aryl methyl sites for hydroxylation is 1. The molecule has 2 aromatic rings. The van der Waals surface area contributed by atoms with Gasteiger partial charge in [-0.2, -0.15) is 0 Å². The average Bonchev–Trinajstić information content (AvgIpc) is 2.86. The first-order valence-electron chi connectivity index (χ1n) is 8.28. The van der Waals surface area contributed by atoms with Crippen molar-refractivity contribution in [3.8, 4) is 0 Å². The molecule has 0 atom stereocenters. The van der Waals surface area contributed by atoms with Crippen molar-refractivity contribution in [2.24, 2.45) is 0 Å². The normalized spacial score (nSPS) is 16.6. The maximum absolute atomic E-state index is 12.0. The van der Waals surface area contributed by atoms with E-state index in [9.17, 15) is 4.79 Å². The highest BCUT2D eigenvalue weighted by atomic mass is 16.2. The summed E-state index contributed by atoms with van der Waals surface area (Å²) in [4.78, 5) is 18.8. The van der Waals surface area contributed by atoms with Crippen LogP contribution in [0.1, 0.15) is 18.7 Å². The quantitative estimate of drug-likeness (QED) is 0.903. The van der Waals surface area contributed by atoms with Gasteiger partial charge >= 0.3 is 6.03 Å². The molecule has 2 heterocycles. The number of carbonyl (C=O) groups excluding carboxylic acids is 1.